The minimum atomic E-state index is 0.256. The molecule has 0 spiro atoms. The fraction of sp³-hybridized carbons (Fsp3) is 0.722. The Morgan fingerprint density at radius 3 is 2.73 bits per heavy atom. The second-order valence-corrected chi connectivity index (χ2v) is 8.29. The zero-order chi connectivity index (χ0) is 16.1. The molecule has 0 radical (unpaired) electrons. The van der Waals surface area contributed by atoms with Crippen molar-refractivity contribution in [3.8, 4) is 0 Å². The van der Waals surface area contributed by atoms with Gasteiger partial charge in [0, 0.05) is 22.2 Å². The Labute approximate surface area is 139 Å². The van der Waals surface area contributed by atoms with E-state index in [0.717, 1.165) is 19.6 Å². The number of piperidine rings is 1. The highest BCUT2D eigenvalue weighted by molar-refractivity contribution is 7.11. The van der Waals surface area contributed by atoms with E-state index in [2.05, 4.69) is 45.1 Å². The Morgan fingerprint density at radius 2 is 2.18 bits per heavy atom. The Hall–Kier alpha value is -0.870. The van der Waals surface area contributed by atoms with Crippen molar-refractivity contribution in [2.24, 2.45) is 11.8 Å². The highest BCUT2D eigenvalue weighted by Gasteiger charge is 2.25. The summed E-state index contributed by atoms with van der Waals surface area (Å²) in [6, 6.07) is 4.54. The summed E-state index contributed by atoms with van der Waals surface area (Å²) in [7, 11) is 0. The monoisotopic (exact) mass is 322 g/mol. The van der Waals surface area contributed by atoms with Gasteiger partial charge in [-0.1, -0.05) is 6.92 Å². The first kappa shape index (κ1) is 17.5. The number of nitrogens with zero attached hydrogens (tertiary/aromatic N) is 1. The third-order valence-corrected chi connectivity index (χ3v) is 5.69. The van der Waals surface area contributed by atoms with Crippen molar-refractivity contribution >= 4 is 17.2 Å². The number of amides is 1. The van der Waals surface area contributed by atoms with Crippen LogP contribution in [0.25, 0.3) is 0 Å². The first-order valence-corrected chi connectivity index (χ1v) is 9.34. The van der Waals surface area contributed by atoms with Gasteiger partial charge in [0.05, 0.1) is 6.54 Å². The average Bonchev–Trinajstić information content (AvgIpc) is 2.90. The lowest BCUT2D eigenvalue weighted by Crippen LogP contribution is -2.39. The molecule has 2 rings (SSSR count). The largest absolute Gasteiger partial charge is 0.335 e. The van der Waals surface area contributed by atoms with Crippen LogP contribution >= 0.6 is 11.3 Å². The lowest BCUT2D eigenvalue weighted by Gasteiger charge is -2.31. The van der Waals surface area contributed by atoms with Gasteiger partial charge < -0.3 is 10.2 Å². The highest BCUT2D eigenvalue weighted by atomic mass is 32.1. The number of aryl methyl sites for hydroxylation is 1. The van der Waals surface area contributed by atoms with Crippen LogP contribution in [0.15, 0.2) is 12.1 Å². The van der Waals surface area contributed by atoms with Crippen LogP contribution in [-0.2, 0) is 11.3 Å². The summed E-state index contributed by atoms with van der Waals surface area (Å²) in [6.07, 6.45) is 3.17. The van der Waals surface area contributed by atoms with Crippen LogP contribution in [0.1, 0.15) is 49.8 Å². The van der Waals surface area contributed by atoms with Gasteiger partial charge in [-0.05, 0) is 70.7 Å². The minimum absolute atomic E-state index is 0.256. The summed E-state index contributed by atoms with van der Waals surface area (Å²) in [6.45, 7) is 11.5. The zero-order valence-corrected chi connectivity index (χ0v) is 15.2. The smallest absolute Gasteiger partial charge is 0.223 e. The molecule has 3 nitrogen and oxygen atoms in total. The molecule has 0 saturated carbocycles. The van der Waals surface area contributed by atoms with Crippen molar-refractivity contribution in [2.75, 3.05) is 13.1 Å². The Bertz CT molecular complexity index is 477. The molecule has 0 aromatic carbocycles. The first-order chi connectivity index (χ1) is 10.5. The van der Waals surface area contributed by atoms with E-state index in [1.807, 2.05) is 4.90 Å². The molecule has 2 unspecified atom stereocenters. The van der Waals surface area contributed by atoms with Crippen LogP contribution in [0.3, 0.4) is 0 Å². The van der Waals surface area contributed by atoms with Gasteiger partial charge in [0.25, 0.3) is 0 Å². The summed E-state index contributed by atoms with van der Waals surface area (Å²) < 4.78 is 0. The molecule has 4 heteroatoms. The van der Waals surface area contributed by atoms with Gasteiger partial charge in [-0.2, -0.15) is 0 Å². The van der Waals surface area contributed by atoms with Crippen molar-refractivity contribution in [1.82, 2.24) is 10.2 Å². The minimum Gasteiger partial charge on any atom is -0.335 e. The maximum absolute atomic E-state index is 12.8. The quantitative estimate of drug-likeness (QED) is 0.863. The van der Waals surface area contributed by atoms with E-state index < -0.39 is 0 Å². The zero-order valence-electron chi connectivity index (χ0n) is 14.4. The van der Waals surface area contributed by atoms with Crippen LogP contribution in [0.4, 0.5) is 0 Å². The molecule has 1 N–H and O–H groups in total. The first-order valence-electron chi connectivity index (χ1n) is 8.53. The molecule has 1 aromatic rings. The topological polar surface area (TPSA) is 32.3 Å². The number of thiophene rings is 1. The van der Waals surface area contributed by atoms with E-state index >= 15 is 0 Å². The van der Waals surface area contributed by atoms with Crippen molar-refractivity contribution in [2.45, 2.75) is 59.5 Å². The maximum Gasteiger partial charge on any atom is 0.223 e. The molecule has 1 aromatic heterocycles. The Kier molecular flexibility index (Phi) is 6.45. The summed E-state index contributed by atoms with van der Waals surface area (Å²) >= 11 is 1.79. The van der Waals surface area contributed by atoms with Gasteiger partial charge in [-0.15, -0.1) is 11.3 Å². The van der Waals surface area contributed by atoms with E-state index in [1.54, 1.807) is 11.3 Å². The van der Waals surface area contributed by atoms with Crippen LogP contribution in [0.2, 0.25) is 0 Å². The fourth-order valence-corrected chi connectivity index (χ4v) is 4.11. The molecule has 0 aliphatic carbocycles. The van der Waals surface area contributed by atoms with E-state index in [-0.39, 0.29) is 6.04 Å². The molecule has 0 bridgehead atoms. The number of carbonyl (C=O) groups is 1. The van der Waals surface area contributed by atoms with Crippen molar-refractivity contribution in [1.29, 1.82) is 0 Å². The van der Waals surface area contributed by atoms with Crippen LogP contribution in [0, 0.1) is 18.8 Å². The summed E-state index contributed by atoms with van der Waals surface area (Å²) in [5, 5.41) is 3.46. The number of hydrogen-bond acceptors (Lipinski definition) is 3. The standard InChI is InChI=1S/C18H30N2OS/c1-13(2)20(12-17-8-7-15(4)22-17)18(21)10-14(3)16-6-5-9-19-11-16/h7-8,13-14,16,19H,5-6,9-12H2,1-4H3. The Balaban J connectivity index is 1.93. The average molecular weight is 323 g/mol. The van der Waals surface area contributed by atoms with Gasteiger partial charge in [0.1, 0.15) is 0 Å². The number of hydrogen-bond donors (Lipinski definition) is 1. The van der Waals surface area contributed by atoms with Gasteiger partial charge in [0.15, 0.2) is 0 Å². The van der Waals surface area contributed by atoms with Crippen molar-refractivity contribution in [3.63, 3.8) is 0 Å². The number of rotatable bonds is 6. The third kappa shape index (κ3) is 4.82. The molecular formula is C18H30N2OS. The van der Waals surface area contributed by atoms with Crippen LogP contribution < -0.4 is 5.32 Å². The second kappa shape index (κ2) is 8.11. The lowest BCUT2D eigenvalue weighted by atomic mass is 9.85. The van der Waals surface area contributed by atoms with E-state index in [9.17, 15) is 4.79 Å². The summed E-state index contributed by atoms with van der Waals surface area (Å²) in [4.78, 5) is 17.4. The number of carbonyl (C=O) groups excluding carboxylic acids is 1. The van der Waals surface area contributed by atoms with Gasteiger partial charge in [0.2, 0.25) is 5.91 Å². The maximum atomic E-state index is 12.8. The lowest BCUT2D eigenvalue weighted by molar-refractivity contribution is -0.134. The molecule has 1 saturated heterocycles. The van der Waals surface area contributed by atoms with Crippen molar-refractivity contribution < 1.29 is 4.79 Å². The predicted octanol–water partition coefficient (Wildman–Crippen LogP) is 3.82. The van der Waals surface area contributed by atoms with E-state index in [4.69, 9.17) is 0 Å². The molecule has 22 heavy (non-hydrogen) atoms. The molecule has 1 aliphatic heterocycles. The normalized spacial score (nSPS) is 20.1. The van der Waals surface area contributed by atoms with Gasteiger partial charge in [-0.3, -0.25) is 4.79 Å². The second-order valence-electron chi connectivity index (χ2n) is 6.92. The molecule has 1 fully saturated rings. The molecule has 1 aliphatic rings. The number of nitrogens with one attached hydrogen (secondary N) is 1. The van der Waals surface area contributed by atoms with Crippen LogP contribution in [0.5, 0.6) is 0 Å². The summed E-state index contributed by atoms with van der Waals surface area (Å²) in [5.41, 5.74) is 0. The Morgan fingerprint density at radius 1 is 1.41 bits per heavy atom. The summed E-state index contributed by atoms with van der Waals surface area (Å²) in [5.74, 6) is 1.42. The van der Waals surface area contributed by atoms with Crippen molar-refractivity contribution in [3.05, 3.63) is 21.9 Å². The molecule has 2 atom stereocenters. The predicted molar refractivity (Wildman–Crippen MR) is 94.1 cm³/mol. The van der Waals surface area contributed by atoms with Gasteiger partial charge >= 0.3 is 0 Å². The molecule has 2 heterocycles. The third-order valence-electron chi connectivity index (χ3n) is 4.70. The van der Waals surface area contributed by atoms with Gasteiger partial charge in [-0.25, -0.2) is 0 Å². The fourth-order valence-electron chi connectivity index (χ4n) is 3.22. The molecule has 1 amide bonds. The van der Waals surface area contributed by atoms with Crippen LogP contribution in [-0.4, -0.2) is 29.9 Å². The molecule has 124 valence electrons. The SMILES string of the molecule is Cc1ccc(CN(C(=O)CC(C)C2CCCNC2)C(C)C)s1. The van der Waals surface area contributed by atoms with E-state index in [0.29, 0.717) is 24.2 Å². The molecular weight excluding hydrogens is 292 g/mol. The van der Waals surface area contributed by atoms with E-state index in [1.165, 1.54) is 22.6 Å². The highest BCUT2D eigenvalue weighted by Crippen LogP contribution is 2.25.